The molecule has 8 heteroatoms. The molecule has 0 amide bonds. The summed E-state index contributed by atoms with van der Waals surface area (Å²) in [6.45, 7) is 0. The molecule has 0 aromatic heterocycles. The highest BCUT2D eigenvalue weighted by atomic mass is 32.2. The van der Waals surface area contributed by atoms with E-state index in [9.17, 15) is 18.5 Å². The molecule has 1 N–H and O–H groups in total. The number of rotatable bonds is 4. The molecule has 0 saturated carbocycles. The van der Waals surface area contributed by atoms with Crippen molar-refractivity contribution in [2.45, 2.75) is 0 Å². The third-order valence-corrected chi connectivity index (χ3v) is 2.28. The first-order chi connectivity index (χ1) is 7.33. The molecule has 0 atom stereocenters. The van der Waals surface area contributed by atoms with Crippen LogP contribution in [0.25, 0.3) is 0 Å². The fraction of sp³-hybridized carbons (Fsp3) is 0.250. The van der Waals surface area contributed by atoms with Crippen LogP contribution in [0.3, 0.4) is 0 Å². The van der Waals surface area contributed by atoms with Gasteiger partial charge in [-0.25, -0.2) is 8.42 Å². The monoisotopic (exact) mass is 246 g/mol. The van der Waals surface area contributed by atoms with Gasteiger partial charge in [-0.05, 0) is 6.07 Å². The Hall–Kier alpha value is -1.83. The van der Waals surface area contributed by atoms with Gasteiger partial charge in [0.25, 0.3) is 5.69 Å². The number of methoxy groups -OCH3 is 1. The van der Waals surface area contributed by atoms with E-state index in [1.54, 1.807) is 0 Å². The number of sulfonamides is 1. The zero-order valence-electron chi connectivity index (χ0n) is 8.63. The minimum absolute atomic E-state index is 0.0409. The van der Waals surface area contributed by atoms with Crippen molar-refractivity contribution in [2.24, 2.45) is 0 Å². The number of nitrogens with zero attached hydrogens (tertiary/aromatic N) is 1. The Labute approximate surface area is 92.2 Å². The Balaban J connectivity index is 3.22. The van der Waals surface area contributed by atoms with Crippen LogP contribution in [0, 0.1) is 10.1 Å². The van der Waals surface area contributed by atoms with Gasteiger partial charge in [0.15, 0.2) is 0 Å². The van der Waals surface area contributed by atoms with E-state index in [0.29, 0.717) is 0 Å². The summed E-state index contributed by atoms with van der Waals surface area (Å²) in [6, 6.07) is 3.65. The first kappa shape index (κ1) is 12.2. The largest absolute Gasteiger partial charge is 0.495 e. The molecule has 0 radical (unpaired) electrons. The van der Waals surface area contributed by atoms with Crippen LogP contribution in [0.15, 0.2) is 18.2 Å². The van der Waals surface area contributed by atoms with Crippen LogP contribution in [0.1, 0.15) is 0 Å². The summed E-state index contributed by atoms with van der Waals surface area (Å²) in [6.07, 6.45) is 0.950. The summed E-state index contributed by atoms with van der Waals surface area (Å²) in [5.74, 6) is 0.219. The molecule has 1 aromatic carbocycles. The summed E-state index contributed by atoms with van der Waals surface area (Å²) < 4.78 is 29.0. The number of nitro benzene ring substituents is 1. The van der Waals surface area contributed by atoms with Gasteiger partial charge in [0.05, 0.1) is 24.0 Å². The van der Waals surface area contributed by atoms with Crippen molar-refractivity contribution in [3.8, 4) is 5.75 Å². The van der Waals surface area contributed by atoms with Gasteiger partial charge in [0, 0.05) is 12.1 Å². The van der Waals surface area contributed by atoms with Gasteiger partial charge in [-0.3, -0.25) is 14.8 Å². The van der Waals surface area contributed by atoms with E-state index >= 15 is 0 Å². The van der Waals surface area contributed by atoms with Gasteiger partial charge in [0.1, 0.15) is 5.75 Å². The second-order valence-electron chi connectivity index (χ2n) is 3.02. The van der Waals surface area contributed by atoms with Gasteiger partial charge in [-0.15, -0.1) is 0 Å². The zero-order valence-corrected chi connectivity index (χ0v) is 9.45. The number of non-ortho nitro benzene ring substituents is 1. The van der Waals surface area contributed by atoms with Crippen LogP contribution >= 0.6 is 0 Å². The lowest BCUT2D eigenvalue weighted by Gasteiger charge is -2.08. The Morgan fingerprint density at radius 1 is 1.44 bits per heavy atom. The predicted molar refractivity (Wildman–Crippen MR) is 58.1 cm³/mol. The molecular formula is C8H10N2O5S. The van der Waals surface area contributed by atoms with Crippen molar-refractivity contribution in [1.29, 1.82) is 0 Å². The average Bonchev–Trinajstić information content (AvgIpc) is 2.15. The SMILES string of the molecule is COc1ccc([N+](=O)[O-])cc1NS(C)(=O)=O. The van der Waals surface area contributed by atoms with Crippen LogP contribution in [0.4, 0.5) is 11.4 Å². The molecule has 0 bridgehead atoms. The Morgan fingerprint density at radius 2 is 2.06 bits per heavy atom. The van der Waals surface area contributed by atoms with Gasteiger partial charge in [-0.2, -0.15) is 0 Å². The lowest BCUT2D eigenvalue weighted by Crippen LogP contribution is -2.10. The van der Waals surface area contributed by atoms with Crippen LogP contribution in [0.2, 0.25) is 0 Å². The molecule has 0 saturated heterocycles. The number of anilines is 1. The molecule has 1 aromatic rings. The van der Waals surface area contributed by atoms with E-state index in [1.165, 1.54) is 19.2 Å². The molecule has 0 aliphatic carbocycles. The minimum Gasteiger partial charge on any atom is -0.495 e. The van der Waals surface area contributed by atoms with Crippen molar-refractivity contribution < 1.29 is 18.1 Å². The van der Waals surface area contributed by atoms with Gasteiger partial charge < -0.3 is 4.74 Å². The molecule has 1 rings (SSSR count). The van der Waals surface area contributed by atoms with Crippen molar-refractivity contribution in [1.82, 2.24) is 0 Å². The number of nitrogens with one attached hydrogen (secondary N) is 1. The molecule has 0 spiro atoms. The highest BCUT2D eigenvalue weighted by molar-refractivity contribution is 7.92. The summed E-state index contributed by atoms with van der Waals surface area (Å²) in [5.41, 5.74) is -0.175. The van der Waals surface area contributed by atoms with E-state index in [-0.39, 0.29) is 17.1 Å². The molecule has 16 heavy (non-hydrogen) atoms. The highest BCUT2D eigenvalue weighted by Gasteiger charge is 2.13. The second-order valence-corrected chi connectivity index (χ2v) is 4.76. The van der Waals surface area contributed by atoms with Crippen molar-refractivity contribution in [3.05, 3.63) is 28.3 Å². The fourth-order valence-electron chi connectivity index (χ4n) is 1.09. The number of ether oxygens (including phenoxy) is 1. The summed E-state index contributed by atoms with van der Waals surface area (Å²) in [4.78, 5) is 9.89. The van der Waals surface area contributed by atoms with E-state index in [1.807, 2.05) is 0 Å². The predicted octanol–water partition coefficient (Wildman–Crippen LogP) is 0.975. The van der Waals surface area contributed by atoms with Crippen molar-refractivity contribution in [2.75, 3.05) is 18.1 Å². The van der Waals surface area contributed by atoms with Crippen molar-refractivity contribution >= 4 is 21.4 Å². The maximum atomic E-state index is 11.0. The Kier molecular flexibility index (Phi) is 3.33. The molecule has 88 valence electrons. The third kappa shape index (κ3) is 3.09. The Morgan fingerprint density at radius 3 is 2.50 bits per heavy atom. The topological polar surface area (TPSA) is 98.5 Å². The number of nitro groups is 1. The van der Waals surface area contributed by atoms with Crippen LogP contribution < -0.4 is 9.46 Å². The van der Waals surface area contributed by atoms with E-state index in [2.05, 4.69) is 4.72 Å². The first-order valence-corrected chi connectivity index (χ1v) is 6.03. The maximum Gasteiger partial charge on any atom is 0.271 e. The smallest absolute Gasteiger partial charge is 0.271 e. The summed E-state index contributed by atoms with van der Waals surface area (Å²) in [7, 11) is -2.16. The normalized spacial score (nSPS) is 10.9. The summed E-state index contributed by atoms with van der Waals surface area (Å²) in [5, 5.41) is 10.5. The number of hydrogen-bond acceptors (Lipinski definition) is 5. The number of hydrogen-bond donors (Lipinski definition) is 1. The summed E-state index contributed by atoms with van der Waals surface area (Å²) >= 11 is 0. The fourth-order valence-corrected chi connectivity index (χ4v) is 1.65. The van der Waals surface area contributed by atoms with Gasteiger partial charge in [0.2, 0.25) is 10.0 Å². The van der Waals surface area contributed by atoms with Crippen LogP contribution in [-0.2, 0) is 10.0 Å². The minimum atomic E-state index is -3.50. The van der Waals surface area contributed by atoms with Gasteiger partial charge >= 0.3 is 0 Å². The van der Waals surface area contributed by atoms with Gasteiger partial charge in [-0.1, -0.05) is 0 Å². The lowest BCUT2D eigenvalue weighted by atomic mass is 10.2. The van der Waals surface area contributed by atoms with Crippen LogP contribution in [-0.4, -0.2) is 26.7 Å². The molecular weight excluding hydrogens is 236 g/mol. The maximum absolute atomic E-state index is 11.0. The molecule has 0 aliphatic rings. The molecule has 0 aliphatic heterocycles. The molecule has 0 unspecified atom stereocenters. The van der Waals surface area contributed by atoms with Crippen LogP contribution in [0.5, 0.6) is 5.75 Å². The van der Waals surface area contributed by atoms with Crippen molar-refractivity contribution in [3.63, 3.8) is 0 Å². The quantitative estimate of drug-likeness (QED) is 0.630. The molecule has 7 nitrogen and oxygen atoms in total. The van der Waals surface area contributed by atoms with E-state index < -0.39 is 14.9 Å². The lowest BCUT2D eigenvalue weighted by molar-refractivity contribution is -0.384. The molecule has 0 fully saturated rings. The Bertz CT molecular complexity index is 511. The number of benzene rings is 1. The highest BCUT2D eigenvalue weighted by Crippen LogP contribution is 2.29. The first-order valence-electron chi connectivity index (χ1n) is 4.13. The molecule has 0 heterocycles. The van der Waals surface area contributed by atoms with E-state index in [0.717, 1.165) is 12.3 Å². The average molecular weight is 246 g/mol. The third-order valence-electron chi connectivity index (χ3n) is 1.69. The van der Waals surface area contributed by atoms with E-state index in [4.69, 9.17) is 4.74 Å². The standard InChI is InChI=1S/C8H10N2O5S/c1-15-8-4-3-6(10(11)12)5-7(8)9-16(2,13)14/h3-5,9H,1-2H3. The zero-order chi connectivity index (χ0) is 12.3. The second kappa shape index (κ2) is 4.35.